The summed E-state index contributed by atoms with van der Waals surface area (Å²) in [5.74, 6) is 4.18. The van der Waals surface area contributed by atoms with Crippen molar-refractivity contribution in [2.45, 2.75) is 26.2 Å². The minimum absolute atomic E-state index is 0.293. The van der Waals surface area contributed by atoms with E-state index in [0.717, 1.165) is 0 Å². The Balaban J connectivity index is 0.000000336. The van der Waals surface area contributed by atoms with Gasteiger partial charge in [-0.15, -0.1) is 0 Å². The predicted octanol–water partition coefficient (Wildman–Crippen LogP) is 1.91. The van der Waals surface area contributed by atoms with Gasteiger partial charge in [0.15, 0.2) is 0 Å². The zero-order valence-electron chi connectivity index (χ0n) is 9.14. The number of hydrogen-bond donors (Lipinski definition) is 1. The molecule has 0 saturated heterocycles. The molecule has 0 unspecified atom stereocenters. The van der Waals surface area contributed by atoms with Gasteiger partial charge in [0.2, 0.25) is 0 Å². The summed E-state index contributed by atoms with van der Waals surface area (Å²) in [5.41, 5.74) is 1.69. The van der Waals surface area contributed by atoms with E-state index < -0.39 is 10.5 Å². The van der Waals surface area contributed by atoms with Crippen LogP contribution in [0.1, 0.15) is 26.3 Å². The van der Waals surface area contributed by atoms with E-state index in [1.807, 2.05) is 0 Å². The molecule has 0 fully saturated rings. The van der Waals surface area contributed by atoms with Gasteiger partial charge in [0.25, 0.3) is 0 Å². The van der Waals surface area contributed by atoms with Gasteiger partial charge in [-0.2, -0.15) is 8.42 Å². The molecule has 0 spiro atoms. The highest BCUT2D eigenvalue weighted by molar-refractivity contribution is 7.61. The fourth-order valence-electron chi connectivity index (χ4n) is 0.938. The van der Waals surface area contributed by atoms with Crippen molar-refractivity contribution in [3.8, 4) is 0 Å². The van der Waals surface area contributed by atoms with Gasteiger partial charge in [-0.1, -0.05) is 55.6 Å². The highest BCUT2D eigenvalue weighted by atomic mass is 32.2. The molecule has 0 radical (unpaired) electrons. The summed E-state index contributed by atoms with van der Waals surface area (Å²) in [6, 6.07) is 10.6. The zero-order chi connectivity index (χ0) is 11.9. The third-order valence-electron chi connectivity index (χ3n) is 1.73. The minimum atomic E-state index is -2.42. The molecule has 15 heavy (non-hydrogen) atoms. The third kappa shape index (κ3) is 6.82. The predicted molar refractivity (Wildman–Crippen MR) is 60.7 cm³/mol. The summed E-state index contributed by atoms with van der Waals surface area (Å²) in [6.45, 7) is 6.67. The number of benzene rings is 1. The van der Waals surface area contributed by atoms with Gasteiger partial charge in [-0.3, -0.25) is 0 Å². The van der Waals surface area contributed by atoms with Crippen LogP contribution in [-0.2, 0) is 15.9 Å². The van der Waals surface area contributed by atoms with Crippen LogP contribution in [0.15, 0.2) is 34.8 Å². The average Bonchev–Trinajstić information content (AvgIpc) is 2.19. The van der Waals surface area contributed by atoms with Gasteiger partial charge in [0, 0.05) is 0 Å². The van der Waals surface area contributed by atoms with Crippen LogP contribution in [0.3, 0.4) is 0 Å². The number of nitrogens with zero attached hydrogens (tertiary/aromatic N) is 1. The number of nitrogens with two attached hydrogens (primary N) is 1. The van der Waals surface area contributed by atoms with Crippen molar-refractivity contribution in [3.63, 3.8) is 0 Å². The number of rotatable bonds is 0. The summed E-state index contributed by atoms with van der Waals surface area (Å²) in [5, 5.41) is 0. The first-order valence-corrected chi connectivity index (χ1v) is 5.47. The highest BCUT2D eigenvalue weighted by Gasteiger charge is 2.11. The Morgan fingerprint density at radius 3 is 1.73 bits per heavy atom. The molecule has 84 valence electrons. The first-order valence-electron chi connectivity index (χ1n) is 4.43. The lowest BCUT2D eigenvalue weighted by Crippen LogP contribution is -2.10. The summed E-state index contributed by atoms with van der Waals surface area (Å²) in [7, 11) is -2.42. The molecule has 0 aliphatic rings. The van der Waals surface area contributed by atoms with E-state index in [1.165, 1.54) is 5.56 Å². The van der Waals surface area contributed by atoms with Crippen molar-refractivity contribution >= 4 is 10.5 Å². The fourth-order valence-corrected chi connectivity index (χ4v) is 0.938. The third-order valence-corrected chi connectivity index (χ3v) is 1.90. The van der Waals surface area contributed by atoms with E-state index in [1.54, 1.807) is 0 Å². The van der Waals surface area contributed by atoms with Gasteiger partial charge >= 0.3 is 10.5 Å². The van der Waals surface area contributed by atoms with Crippen LogP contribution < -0.4 is 5.84 Å². The van der Waals surface area contributed by atoms with E-state index in [0.29, 0.717) is 5.41 Å². The smallest absolute Gasteiger partial charge is 0.212 e. The Hall–Kier alpha value is -1.20. The molecule has 0 aromatic heterocycles. The zero-order valence-corrected chi connectivity index (χ0v) is 9.95. The largest absolute Gasteiger partial charge is 0.327 e. The van der Waals surface area contributed by atoms with Crippen LogP contribution in [0.4, 0.5) is 0 Å². The van der Waals surface area contributed by atoms with Crippen LogP contribution in [0.5, 0.6) is 0 Å². The van der Waals surface area contributed by atoms with Crippen molar-refractivity contribution in [1.82, 2.24) is 0 Å². The lowest BCUT2D eigenvalue weighted by atomic mass is 9.87. The standard InChI is InChI=1S/C10H14.H2N2O2S/c1-10(2,3)9-7-5-4-6-8-9;1-2-5(3)4/h4-8H,1-3H3;1H2. The van der Waals surface area contributed by atoms with Gasteiger partial charge in [-0.25, -0.2) is 5.84 Å². The van der Waals surface area contributed by atoms with Crippen LogP contribution in [0.25, 0.3) is 0 Å². The molecule has 1 aromatic rings. The van der Waals surface area contributed by atoms with Crippen LogP contribution >= 0.6 is 0 Å². The maximum atomic E-state index is 9.08. The monoisotopic (exact) mass is 228 g/mol. The molecule has 0 bridgehead atoms. The lowest BCUT2D eigenvalue weighted by molar-refractivity contribution is 0.590. The van der Waals surface area contributed by atoms with E-state index in [2.05, 4.69) is 61.4 Å². The molecule has 1 rings (SSSR count). The Kier molecular flexibility index (Phi) is 5.81. The van der Waals surface area contributed by atoms with Gasteiger partial charge in [0.05, 0.1) is 0 Å². The van der Waals surface area contributed by atoms with E-state index in [-0.39, 0.29) is 0 Å². The van der Waals surface area contributed by atoms with E-state index >= 15 is 0 Å². The normalized spacial score (nSPS) is 9.87. The Labute approximate surface area is 91.8 Å². The second-order valence-corrected chi connectivity index (χ2v) is 4.58. The summed E-state index contributed by atoms with van der Waals surface area (Å²) in [4.78, 5) is 0. The molecule has 0 atom stereocenters. The van der Waals surface area contributed by atoms with Crippen molar-refractivity contribution in [1.29, 1.82) is 0 Å². The topological polar surface area (TPSA) is 72.5 Å². The van der Waals surface area contributed by atoms with Crippen LogP contribution in [-0.4, -0.2) is 8.42 Å². The van der Waals surface area contributed by atoms with Gasteiger partial charge in [-0.05, 0) is 11.0 Å². The summed E-state index contributed by atoms with van der Waals surface area (Å²) in [6.07, 6.45) is 0. The average molecular weight is 228 g/mol. The molecule has 0 aliphatic carbocycles. The van der Waals surface area contributed by atoms with E-state index in [9.17, 15) is 0 Å². The molecule has 0 aliphatic heterocycles. The van der Waals surface area contributed by atoms with E-state index in [4.69, 9.17) is 8.42 Å². The first-order chi connectivity index (χ1) is 6.88. The molecular formula is C10H16N2O2S. The molecule has 0 amide bonds. The maximum absolute atomic E-state index is 9.08. The van der Waals surface area contributed by atoms with Crippen molar-refractivity contribution < 1.29 is 8.42 Å². The molecule has 5 heteroatoms. The quantitative estimate of drug-likeness (QED) is 0.544. The molecule has 0 saturated carbocycles. The summed E-state index contributed by atoms with van der Waals surface area (Å²) >= 11 is 0. The Morgan fingerprint density at radius 2 is 1.53 bits per heavy atom. The van der Waals surface area contributed by atoms with Gasteiger partial charge < -0.3 is 0 Å². The maximum Gasteiger partial charge on any atom is 0.327 e. The molecular weight excluding hydrogens is 212 g/mol. The fraction of sp³-hybridized carbons (Fsp3) is 0.400. The van der Waals surface area contributed by atoms with Crippen molar-refractivity contribution in [2.24, 2.45) is 10.3 Å². The van der Waals surface area contributed by atoms with Crippen molar-refractivity contribution in [3.05, 3.63) is 35.9 Å². The lowest BCUT2D eigenvalue weighted by Gasteiger charge is -2.18. The molecule has 1 aromatic carbocycles. The molecule has 2 N–H and O–H groups in total. The second kappa shape index (κ2) is 6.31. The van der Waals surface area contributed by atoms with Crippen molar-refractivity contribution in [2.75, 3.05) is 0 Å². The SMILES string of the molecule is CC(C)(C)c1ccccc1.NN=S(=O)=O. The van der Waals surface area contributed by atoms with Crippen LogP contribution in [0.2, 0.25) is 0 Å². The summed E-state index contributed by atoms with van der Waals surface area (Å²) < 4.78 is 20.5. The number of hydrogen-bond acceptors (Lipinski definition) is 3. The Bertz CT molecular complexity index is 397. The molecule has 0 heterocycles. The van der Waals surface area contributed by atoms with Gasteiger partial charge in [0.1, 0.15) is 0 Å². The highest BCUT2D eigenvalue weighted by Crippen LogP contribution is 2.20. The molecule has 4 nitrogen and oxygen atoms in total. The minimum Gasteiger partial charge on any atom is -0.212 e. The van der Waals surface area contributed by atoms with Crippen LogP contribution in [0, 0.1) is 0 Å². The Morgan fingerprint density at radius 1 is 1.13 bits per heavy atom. The second-order valence-electron chi connectivity index (χ2n) is 3.94. The first kappa shape index (κ1) is 13.8.